The lowest BCUT2D eigenvalue weighted by Crippen LogP contribution is -2.33. The van der Waals surface area contributed by atoms with Gasteiger partial charge in [-0.1, -0.05) is 15.9 Å². The fourth-order valence-corrected chi connectivity index (χ4v) is 1.39. The summed E-state index contributed by atoms with van der Waals surface area (Å²) in [5, 5.41) is 2.55. The number of ether oxygens (including phenoxy) is 1. The van der Waals surface area contributed by atoms with Crippen molar-refractivity contribution in [2.45, 2.75) is 11.8 Å². The van der Waals surface area contributed by atoms with Crippen LogP contribution in [0.3, 0.4) is 0 Å². The van der Waals surface area contributed by atoms with Crippen molar-refractivity contribution in [3.63, 3.8) is 0 Å². The number of furan rings is 1. The number of alkyl halides is 1. The Kier molecular flexibility index (Phi) is 4.54. The van der Waals surface area contributed by atoms with Crippen LogP contribution in [0.15, 0.2) is 16.5 Å². The van der Waals surface area contributed by atoms with Crippen molar-refractivity contribution in [1.29, 1.82) is 0 Å². The molecule has 0 radical (unpaired) electrons. The zero-order chi connectivity index (χ0) is 12.1. The van der Waals surface area contributed by atoms with E-state index in [0.717, 1.165) is 0 Å². The summed E-state index contributed by atoms with van der Waals surface area (Å²) in [7, 11) is 1.29. The maximum Gasteiger partial charge on any atom is 0.321 e. The van der Waals surface area contributed by atoms with E-state index < -0.39 is 10.8 Å². The molecule has 1 atom stereocenters. The van der Waals surface area contributed by atoms with Crippen LogP contribution in [0.4, 0.5) is 0 Å². The third kappa shape index (κ3) is 3.37. The van der Waals surface area contributed by atoms with Gasteiger partial charge in [0.25, 0.3) is 5.91 Å². The molecule has 1 heterocycles. The molecule has 0 aromatic carbocycles. The van der Waals surface area contributed by atoms with Gasteiger partial charge in [-0.25, -0.2) is 0 Å². The van der Waals surface area contributed by atoms with Crippen molar-refractivity contribution >= 4 is 27.8 Å². The van der Waals surface area contributed by atoms with Gasteiger partial charge in [0.15, 0.2) is 5.76 Å². The average Bonchev–Trinajstić information content (AvgIpc) is 2.71. The van der Waals surface area contributed by atoms with Crippen LogP contribution in [-0.4, -0.2) is 30.4 Å². The lowest BCUT2D eigenvalue weighted by molar-refractivity contribution is -0.139. The molecule has 0 fully saturated rings. The van der Waals surface area contributed by atoms with Crippen molar-refractivity contribution in [3.8, 4) is 0 Å². The minimum Gasteiger partial charge on any atom is -0.468 e. The van der Waals surface area contributed by atoms with Crippen LogP contribution in [0.5, 0.6) is 0 Å². The van der Waals surface area contributed by atoms with Crippen molar-refractivity contribution in [2.24, 2.45) is 0 Å². The van der Waals surface area contributed by atoms with Gasteiger partial charge in [0.2, 0.25) is 0 Å². The predicted octanol–water partition coefficient (Wildman–Crippen LogP) is 1.25. The van der Waals surface area contributed by atoms with Crippen LogP contribution in [0.25, 0.3) is 0 Å². The molecule has 1 aromatic heterocycles. The van der Waals surface area contributed by atoms with Gasteiger partial charge in [-0.3, -0.25) is 9.59 Å². The first-order valence-corrected chi connectivity index (χ1v) is 5.52. The molecule has 0 aliphatic heterocycles. The maximum atomic E-state index is 11.5. The zero-order valence-electron chi connectivity index (χ0n) is 8.95. The molecule has 1 amide bonds. The summed E-state index contributed by atoms with van der Waals surface area (Å²) in [6, 6.07) is 3.27. The number of hydrogen-bond donors (Lipinski definition) is 1. The van der Waals surface area contributed by atoms with Crippen LogP contribution >= 0.6 is 15.9 Å². The number of aryl methyl sites for hydroxylation is 1. The van der Waals surface area contributed by atoms with E-state index in [0.29, 0.717) is 5.76 Å². The second-order valence-corrected chi connectivity index (χ2v) is 4.22. The Balaban J connectivity index is 2.44. The first kappa shape index (κ1) is 12.8. The maximum absolute atomic E-state index is 11.5. The summed E-state index contributed by atoms with van der Waals surface area (Å²) < 4.78 is 9.61. The Morgan fingerprint density at radius 3 is 2.75 bits per heavy atom. The number of hydrogen-bond acceptors (Lipinski definition) is 4. The Bertz CT molecular complexity index is 388. The van der Waals surface area contributed by atoms with Crippen molar-refractivity contribution in [1.82, 2.24) is 5.32 Å². The Morgan fingerprint density at radius 1 is 1.56 bits per heavy atom. The number of amides is 1. The average molecular weight is 290 g/mol. The van der Waals surface area contributed by atoms with Crippen LogP contribution in [0, 0.1) is 6.92 Å². The lowest BCUT2D eigenvalue weighted by Gasteiger charge is -2.07. The van der Waals surface area contributed by atoms with Gasteiger partial charge in [-0.2, -0.15) is 0 Å². The highest BCUT2D eigenvalue weighted by molar-refractivity contribution is 9.10. The standard InChI is InChI=1S/C10H12BrNO4/c1-6-3-4-8(16-6)9(13)12-5-7(11)10(14)15-2/h3-4,7H,5H2,1-2H3,(H,12,13). The molecule has 0 saturated carbocycles. The highest BCUT2D eigenvalue weighted by Crippen LogP contribution is 2.06. The van der Waals surface area contributed by atoms with E-state index >= 15 is 0 Å². The first-order chi connectivity index (χ1) is 7.54. The highest BCUT2D eigenvalue weighted by atomic mass is 79.9. The summed E-state index contributed by atoms with van der Waals surface area (Å²) >= 11 is 3.09. The Labute approximate surface area is 101 Å². The molecule has 0 bridgehead atoms. The van der Waals surface area contributed by atoms with E-state index in [4.69, 9.17) is 4.42 Å². The van der Waals surface area contributed by atoms with Crippen LogP contribution in [0.2, 0.25) is 0 Å². The zero-order valence-corrected chi connectivity index (χ0v) is 10.5. The third-order valence-electron chi connectivity index (χ3n) is 1.86. The number of carbonyl (C=O) groups is 2. The number of carbonyl (C=O) groups excluding carboxylic acids is 2. The van der Waals surface area contributed by atoms with Gasteiger partial charge < -0.3 is 14.5 Å². The minimum atomic E-state index is -0.558. The van der Waals surface area contributed by atoms with E-state index in [1.165, 1.54) is 7.11 Å². The predicted molar refractivity (Wildman–Crippen MR) is 60.5 cm³/mol. The number of nitrogens with one attached hydrogen (secondary N) is 1. The van der Waals surface area contributed by atoms with E-state index in [1.54, 1.807) is 19.1 Å². The molecular weight excluding hydrogens is 278 g/mol. The van der Waals surface area contributed by atoms with Gasteiger partial charge >= 0.3 is 5.97 Å². The summed E-state index contributed by atoms with van der Waals surface area (Å²) in [6.07, 6.45) is 0. The van der Waals surface area contributed by atoms with E-state index in [9.17, 15) is 9.59 Å². The Hall–Kier alpha value is -1.30. The van der Waals surface area contributed by atoms with Crippen molar-refractivity contribution in [3.05, 3.63) is 23.7 Å². The van der Waals surface area contributed by atoms with Crippen LogP contribution in [-0.2, 0) is 9.53 Å². The van der Waals surface area contributed by atoms with E-state index in [2.05, 4.69) is 26.0 Å². The Morgan fingerprint density at radius 2 is 2.25 bits per heavy atom. The molecule has 88 valence electrons. The SMILES string of the molecule is COC(=O)C(Br)CNC(=O)c1ccc(C)o1. The number of esters is 1. The van der Waals surface area contributed by atoms with Crippen molar-refractivity contribution < 1.29 is 18.7 Å². The second kappa shape index (κ2) is 5.69. The fraction of sp³-hybridized carbons (Fsp3) is 0.400. The molecule has 0 spiro atoms. The lowest BCUT2D eigenvalue weighted by atomic mass is 10.4. The largest absolute Gasteiger partial charge is 0.468 e. The van der Waals surface area contributed by atoms with Gasteiger partial charge in [-0.15, -0.1) is 0 Å². The number of methoxy groups -OCH3 is 1. The molecule has 0 aliphatic rings. The summed E-state index contributed by atoms with van der Waals surface area (Å²) in [5.41, 5.74) is 0. The summed E-state index contributed by atoms with van der Waals surface area (Å²) in [5.74, 6) is 0.0907. The molecule has 1 N–H and O–H groups in total. The summed E-state index contributed by atoms with van der Waals surface area (Å²) in [4.78, 5) is 22.0. The summed E-state index contributed by atoms with van der Waals surface area (Å²) in [6.45, 7) is 1.89. The minimum absolute atomic E-state index is 0.144. The van der Waals surface area contributed by atoms with Crippen molar-refractivity contribution in [2.75, 3.05) is 13.7 Å². The molecule has 1 aromatic rings. The molecule has 0 saturated heterocycles. The fourth-order valence-electron chi connectivity index (χ4n) is 1.04. The molecular formula is C10H12BrNO4. The highest BCUT2D eigenvalue weighted by Gasteiger charge is 2.17. The molecule has 6 heteroatoms. The van der Waals surface area contributed by atoms with Gasteiger partial charge in [-0.05, 0) is 19.1 Å². The molecule has 16 heavy (non-hydrogen) atoms. The number of halogens is 1. The molecule has 1 unspecified atom stereocenters. The smallest absolute Gasteiger partial charge is 0.321 e. The molecule has 5 nitrogen and oxygen atoms in total. The van der Waals surface area contributed by atoms with Gasteiger partial charge in [0.1, 0.15) is 10.6 Å². The van der Waals surface area contributed by atoms with E-state index in [-0.39, 0.29) is 18.2 Å². The monoisotopic (exact) mass is 289 g/mol. The second-order valence-electron chi connectivity index (χ2n) is 3.11. The van der Waals surface area contributed by atoms with E-state index in [1.807, 2.05) is 0 Å². The normalized spacial score (nSPS) is 11.9. The number of rotatable bonds is 4. The molecule has 0 aliphatic carbocycles. The van der Waals surface area contributed by atoms with Crippen LogP contribution in [0.1, 0.15) is 16.3 Å². The van der Waals surface area contributed by atoms with Gasteiger partial charge in [0, 0.05) is 6.54 Å². The topological polar surface area (TPSA) is 68.5 Å². The quantitative estimate of drug-likeness (QED) is 0.669. The third-order valence-corrected chi connectivity index (χ3v) is 2.56. The first-order valence-electron chi connectivity index (χ1n) is 4.61. The van der Waals surface area contributed by atoms with Gasteiger partial charge in [0.05, 0.1) is 7.11 Å². The molecule has 1 rings (SSSR count). The van der Waals surface area contributed by atoms with Crippen LogP contribution < -0.4 is 5.32 Å².